The number of rotatable bonds is 7. The van der Waals surface area contributed by atoms with Crippen molar-refractivity contribution in [3.63, 3.8) is 0 Å². The molecule has 0 saturated heterocycles. The number of carbonyl (C=O) groups excluding carboxylic acids is 1. The van der Waals surface area contributed by atoms with E-state index >= 15 is 0 Å². The number of amides is 2. The molecule has 0 heterocycles. The Bertz CT molecular complexity index is 194. The Morgan fingerprint density at radius 1 is 1.13 bits per heavy atom. The largest absolute Gasteiger partial charge is 0.465 e. The molecule has 88 valence electrons. The number of unbranched alkanes of at least 4 members (excludes halogenated alkanes) is 5. The van der Waals surface area contributed by atoms with Crippen LogP contribution in [0.5, 0.6) is 0 Å². The lowest BCUT2D eigenvalue weighted by molar-refractivity contribution is 0.138. The van der Waals surface area contributed by atoms with Gasteiger partial charge in [0.1, 0.15) is 0 Å². The first-order valence-electron chi connectivity index (χ1n) is 5.33. The average Bonchev–Trinajstić information content (AvgIpc) is 2.15. The van der Waals surface area contributed by atoms with Crippen molar-refractivity contribution in [1.82, 2.24) is 5.32 Å². The minimum Gasteiger partial charge on any atom is -0.465 e. The summed E-state index contributed by atoms with van der Waals surface area (Å²) in [4.78, 5) is 20.7. The molecule has 0 aromatic carbocycles. The molecule has 5 nitrogen and oxygen atoms in total. The average molecular weight is 217 g/mol. The van der Waals surface area contributed by atoms with Gasteiger partial charge < -0.3 is 9.84 Å². The first kappa shape index (κ1) is 13.7. The van der Waals surface area contributed by atoms with Crippen LogP contribution in [0.3, 0.4) is 0 Å². The zero-order valence-electron chi connectivity index (χ0n) is 9.12. The van der Waals surface area contributed by atoms with Gasteiger partial charge in [-0.25, -0.2) is 14.9 Å². The van der Waals surface area contributed by atoms with Gasteiger partial charge in [-0.2, -0.15) is 0 Å². The van der Waals surface area contributed by atoms with Crippen LogP contribution in [0.1, 0.15) is 45.4 Å². The zero-order chi connectivity index (χ0) is 11.5. The Morgan fingerprint density at radius 3 is 2.33 bits per heavy atom. The molecule has 0 bridgehead atoms. The van der Waals surface area contributed by atoms with E-state index in [0.717, 1.165) is 19.3 Å². The van der Waals surface area contributed by atoms with Gasteiger partial charge >= 0.3 is 12.2 Å². The molecule has 0 aliphatic heterocycles. The highest BCUT2D eigenvalue weighted by atomic mass is 16.6. The van der Waals surface area contributed by atoms with E-state index in [0.29, 0.717) is 0 Å². The van der Waals surface area contributed by atoms with Gasteiger partial charge in [0.25, 0.3) is 0 Å². The van der Waals surface area contributed by atoms with Gasteiger partial charge in [-0.3, -0.25) is 0 Å². The molecule has 2 amide bonds. The van der Waals surface area contributed by atoms with Crippen molar-refractivity contribution in [3.05, 3.63) is 0 Å². The standard InChI is InChI=1S/C10H19NO4/c1-2-3-4-5-6-7-8-15-10(14)11-9(12)13/h2-8H2,1H3,(H,11,14)(H,12,13). The number of imide groups is 1. The number of hydrogen-bond acceptors (Lipinski definition) is 3. The second-order valence-electron chi connectivity index (χ2n) is 3.33. The summed E-state index contributed by atoms with van der Waals surface area (Å²) in [7, 11) is 0. The van der Waals surface area contributed by atoms with E-state index in [1.807, 2.05) is 0 Å². The predicted octanol–water partition coefficient (Wildman–Crippen LogP) is 2.75. The van der Waals surface area contributed by atoms with E-state index in [-0.39, 0.29) is 6.61 Å². The molecular weight excluding hydrogens is 198 g/mol. The molecular formula is C10H19NO4. The quantitative estimate of drug-likeness (QED) is 0.643. The first-order valence-corrected chi connectivity index (χ1v) is 5.33. The smallest absolute Gasteiger partial charge is 0.416 e. The number of carboxylic acid groups (broad SMARTS) is 1. The van der Waals surface area contributed by atoms with Gasteiger partial charge in [0.15, 0.2) is 0 Å². The van der Waals surface area contributed by atoms with E-state index in [2.05, 4.69) is 11.7 Å². The van der Waals surface area contributed by atoms with Crippen LogP contribution in [0.25, 0.3) is 0 Å². The van der Waals surface area contributed by atoms with Crippen molar-refractivity contribution >= 4 is 12.2 Å². The van der Waals surface area contributed by atoms with Crippen LogP contribution in [0.2, 0.25) is 0 Å². The van der Waals surface area contributed by atoms with Crippen LogP contribution in [0, 0.1) is 0 Å². The molecule has 0 unspecified atom stereocenters. The summed E-state index contributed by atoms with van der Waals surface area (Å²) >= 11 is 0. The minimum absolute atomic E-state index is 0.283. The summed E-state index contributed by atoms with van der Waals surface area (Å²) in [6, 6.07) is 0. The molecule has 0 rings (SSSR count). The summed E-state index contributed by atoms with van der Waals surface area (Å²) in [5.74, 6) is 0. The molecule has 5 heteroatoms. The van der Waals surface area contributed by atoms with Crippen molar-refractivity contribution in [3.8, 4) is 0 Å². The van der Waals surface area contributed by atoms with Gasteiger partial charge in [0.2, 0.25) is 0 Å². The van der Waals surface area contributed by atoms with Crippen molar-refractivity contribution in [2.75, 3.05) is 6.61 Å². The Balaban J connectivity index is 3.16. The number of nitrogens with one attached hydrogen (secondary N) is 1. The Morgan fingerprint density at radius 2 is 1.73 bits per heavy atom. The zero-order valence-corrected chi connectivity index (χ0v) is 9.12. The highest BCUT2D eigenvalue weighted by molar-refractivity contribution is 5.86. The lowest BCUT2D eigenvalue weighted by Gasteiger charge is -2.03. The summed E-state index contributed by atoms with van der Waals surface area (Å²) in [5.41, 5.74) is 0. The molecule has 0 fully saturated rings. The third-order valence-corrected chi connectivity index (χ3v) is 1.94. The van der Waals surface area contributed by atoms with E-state index in [1.54, 1.807) is 5.32 Å². The maximum Gasteiger partial charge on any atom is 0.416 e. The van der Waals surface area contributed by atoms with Crippen LogP contribution in [0.15, 0.2) is 0 Å². The molecule has 0 atom stereocenters. The fraction of sp³-hybridized carbons (Fsp3) is 0.800. The number of carbonyl (C=O) groups is 2. The van der Waals surface area contributed by atoms with E-state index in [4.69, 9.17) is 5.11 Å². The fourth-order valence-corrected chi connectivity index (χ4v) is 1.17. The Labute approximate surface area is 89.8 Å². The molecule has 0 radical (unpaired) electrons. The van der Waals surface area contributed by atoms with E-state index in [1.165, 1.54) is 19.3 Å². The first-order chi connectivity index (χ1) is 7.16. The lowest BCUT2D eigenvalue weighted by Crippen LogP contribution is -2.29. The van der Waals surface area contributed by atoms with Crippen LogP contribution in [-0.2, 0) is 4.74 Å². The van der Waals surface area contributed by atoms with Crippen molar-refractivity contribution in [1.29, 1.82) is 0 Å². The number of alkyl carbamates (subject to hydrolysis) is 1. The summed E-state index contributed by atoms with van der Waals surface area (Å²) < 4.78 is 4.63. The van der Waals surface area contributed by atoms with Gasteiger partial charge in [-0.05, 0) is 6.42 Å². The monoisotopic (exact) mass is 217 g/mol. The van der Waals surface area contributed by atoms with Crippen LogP contribution in [0.4, 0.5) is 9.59 Å². The van der Waals surface area contributed by atoms with E-state index in [9.17, 15) is 9.59 Å². The van der Waals surface area contributed by atoms with Crippen LogP contribution >= 0.6 is 0 Å². The van der Waals surface area contributed by atoms with Gasteiger partial charge in [-0.15, -0.1) is 0 Å². The third-order valence-electron chi connectivity index (χ3n) is 1.94. The molecule has 0 saturated carbocycles. The van der Waals surface area contributed by atoms with Gasteiger partial charge in [0, 0.05) is 0 Å². The highest BCUT2D eigenvalue weighted by Crippen LogP contribution is 2.04. The van der Waals surface area contributed by atoms with Gasteiger partial charge in [0.05, 0.1) is 6.61 Å². The number of hydrogen-bond donors (Lipinski definition) is 2. The van der Waals surface area contributed by atoms with E-state index < -0.39 is 12.2 Å². The highest BCUT2D eigenvalue weighted by Gasteiger charge is 2.04. The predicted molar refractivity (Wildman–Crippen MR) is 55.9 cm³/mol. The maximum absolute atomic E-state index is 10.7. The molecule has 2 N–H and O–H groups in total. The molecule has 0 aliphatic carbocycles. The minimum atomic E-state index is -1.39. The van der Waals surface area contributed by atoms with Crippen molar-refractivity contribution < 1.29 is 19.4 Å². The topological polar surface area (TPSA) is 75.6 Å². The second-order valence-corrected chi connectivity index (χ2v) is 3.33. The summed E-state index contributed by atoms with van der Waals surface area (Å²) in [6.45, 7) is 2.44. The Hall–Kier alpha value is -1.26. The maximum atomic E-state index is 10.7. The molecule has 15 heavy (non-hydrogen) atoms. The van der Waals surface area contributed by atoms with Crippen molar-refractivity contribution in [2.24, 2.45) is 0 Å². The van der Waals surface area contributed by atoms with Crippen LogP contribution < -0.4 is 5.32 Å². The second kappa shape index (κ2) is 9.30. The fourth-order valence-electron chi connectivity index (χ4n) is 1.17. The van der Waals surface area contributed by atoms with Crippen LogP contribution in [-0.4, -0.2) is 23.9 Å². The molecule has 0 spiro atoms. The molecule has 0 aromatic rings. The summed E-state index contributed by atoms with van der Waals surface area (Å²) in [6.07, 6.45) is 4.31. The summed E-state index contributed by atoms with van der Waals surface area (Å²) in [5, 5.41) is 9.78. The third kappa shape index (κ3) is 10.7. The molecule has 0 aromatic heterocycles. The number of ether oxygens (including phenoxy) is 1. The normalized spacial score (nSPS) is 9.67. The Kier molecular flexibility index (Phi) is 8.52. The van der Waals surface area contributed by atoms with Crippen molar-refractivity contribution in [2.45, 2.75) is 45.4 Å². The lowest BCUT2D eigenvalue weighted by atomic mass is 10.1. The SMILES string of the molecule is CCCCCCCCOC(=O)NC(=O)O. The van der Waals surface area contributed by atoms with Gasteiger partial charge in [-0.1, -0.05) is 39.0 Å². The molecule has 0 aliphatic rings.